The van der Waals surface area contributed by atoms with Crippen molar-refractivity contribution in [1.82, 2.24) is 0 Å². The van der Waals surface area contributed by atoms with Gasteiger partial charge in [-0.3, -0.25) is 0 Å². The second kappa shape index (κ2) is 6.82. The zero-order chi connectivity index (χ0) is 12.6. The molecule has 0 aliphatic heterocycles. The largest absolute Gasteiger partial charge is 0.493 e. The topological polar surface area (TPSA) is 35.2 Å². The Morgan fingerprint density at radius 1 is 0.889 bits per heavy atom. The van der Waals surface area contributed by atoms with Gasteiger partial charge < -0.3 is 10.5 Å². The minimum Gasteiger partial charge on any atom is -0.493 e. The van der Waals surface area contributed by atoms with E-state index < -0.39 is 0 Å². The first-order chi connectivity index (χ1) is 8.90. The average molecular weight is 241 g/mol. The molecule has 0 fully saturated rings. The van der Waals surface area contributed by atoms with Crippen LogP contribution in [0.25, 0.3) is 0 Å². The van der Waals surface area contributed by atoms with Crippen LogP contribution in [-0.2, 0) is 0 Å². The van der Waals surface area contributed by atoms with E-state index in [9.17, 15) is 0 Å². The molecule has 1 atom stereocenters. The van der Waals surface area contributed by atoms with Crippen LogP contribution in [-0.4, -0.2) is 13.2 Å². The molecule has 0 amide bonds. The molecule has 0 aliphatic rings. The first kappa shape index (κ1) is 12.7. The van der Waals surface area contributed by atoms with Crippen LogP contribution in [0.4, 0.5) is 0 Å². The first-order valence-electron chi connectivity index (χ1n) is 6.33. The molecule has 0 saturated carbocycles. The van der Waals surface area contributed by atoms with Gasteiger partial charge in [-0.15, -0.1) is 0 Å². The monoisotopic (exact) mass is 241 g/mol. The van der Waals surface area contributed by atoms with Crippen molar-refractivity contribution in [3.63, 3.8) is 0 Å². The van der Waals surface area contributed by atoms with Gasteiger partial charge in [-0.1, -0.05) is 48.5 Å². The zero-order valence-corrected chi connectivity index (χ0v) is 10.5. The number of para-hydroxylation sites is 1. The molecule has 0 aromatic heterocycles. The highest BCUT2D eigenvalue weighted by molar-refractivity contribution is 5.23. The van der Waals surface area contributed by atoms with Crippen LogP contribution in [0.3, 0.4) is 0 Å². The Bertz CT molecular complexity index is 441. The molecule has 0 bridgehead atoms. The van der Waals surface area contributed by atoms with Crippen LogP contribution in [0, 0.1) is 0 Å². The number of hydrogen-bond donors (Lipinski definition) is 1. The predicted molar refractivity (Wildman–Crippen MR) is 74.8 cm³/mol. The third-order valence-electron chi connectivity index (χ3n) is 2.98. The maximum Gasteiger partial charge on any atom is 0.119 e. The maximum absolute atomic E-state index is 5.82. The minimum absolute atomic E-state index is 0.358. The van der Waals surface area contributed by atoms with Crippen molar-refractivity contribution < 1.29 is 4.74 Å². The highest BCUT2D eigenvalue weighted by Crippen LogP contribution is 2.20. The molecule has 0 aliphatic carbocycles. The molecule has 2 heteroatoms. The SMILES string of the molecule is NCC[C@H](COc1ccccc1)c1ccccc1. The molecule has 0 saturated heterocycles. The van der Waals surface area contributed by atoms with Gasteiger partial charge in [-0.05, 0) is 30.7 Å². The number of rotatable bonds is 6. The van der Waals surface area contributed by atoms with Crippen molar-refractivity contribution in [1.29, 1.82) is 0 Å². The lowest BCUT2D eigenvalue weighted by atomic mass is 9.97. The molecule has 2 aromatic carbocycles. The second-order valence-corrected chi connectivity index (χ2v) is 4.31. The van der Waals surface area contributed by atoms with Crippen LogP contribution in [0.15, 0.2) is 60.7 Å². The van der Waals surface area contributed by atoms with Crippen molar-refractivity contribution in [2.75, 3.05) is 13.2 Å². The molecule has 2 rings (SSSR count). The lowest BCUT2D eigenvalue weighted by molar-refractivity contribution is 0.283. The summed E-state index contributed by atoms with van der Waals surface area (Å²) in [5.41, 5.74) is 6.97. The van der Waals surface area contributed by atoms with Crippen molar-refractivity contribution in [3.8, 4) is 5.75 Å². The first-order valence-corrected chi connectivity index (χ1v) is 6.33. The molecule has 0 heterocycles. The van der Waals surface area contributed by atoms with Crippen LogP contribution in [0.2, 0.25) is 0 Å². The highest BCUT2D eigenvalue weighted by atomic mass is 16.5. The maximum atomic E-state index is 5.82. The van der Waals surface area contributed by atoms with Crippen molar-refractivity contribution in [3.05, 3.63) is 66.2 Å². The number of nitrogens with two attached hydrogens (primary N) is 1. The Balaban J connectivity index is 1.99. The summed E-state index contributed by atoms with van der Waals surface area (Å²) < 4.78 is 5.82. The molecule has 0 spiro atoms. The predicted octanol–water partition coefficient (Wildman–Crippen LogP) is 3.20. The summed E-state index contributed by atoms with van der Waals surface area (Å²) >= 11 is 0. The van der Waals surface area contributed by atoms with Crippen molar-refractivity contribution in [2.24, 2.45) is 5.73 Å². The Labute approximate surface area is 108 Å². The summed E-state index contributed by atoms with van der Waals surface area (Å²) in [4.78, 5) is 0. The van der Waals surface area contributed by atoms with E-state index in [-0.39, 0.29) is 0 Å². The summed E-state index contributed by atoms with van der Waals surface area (Å²) in [7, 11) is 0. The average Bonchev–Trinajstić information content (AvgIpc) is 2.45. The highest BCUT2D eigenvalue weighted by Gasteiger charge is 2.11. The Morgan fingerprint density at radius 2 is 1.50 bits per heavy atom. The van der Waals surface area contributed by atoms with E-state index in [1.165, 1.54) is 5.56 Å². The normalized spacial score (nSPS) is 12.1. The lowest BCUT2D eigenvalue weighted by Gasteiger charge is -2.17. The molecule has 18 heavy (non-hydrogen) atoms. The standard InChI is InChI=1S/C16H19NO/c17-12-11-15(14-7-3-1-4-8-14)13-18-16-9-5-2-6-10-16/h1-10,15H,11-13,17H2/t15-/m1/s1. The Hall–Kier alpha value is -1.80. The van der Waals surface area contributed by atoms with Gasteiger partial charge in [0.05, 0.1) is 6.61 Å². The number of benzene rings is 2. The molecule has 94 valence electrons. The zero-order valence-electron chi connectivity index (χ0n) is 10.5. The molecule has 2 N–H and O–H groups in total. The van der Waals surface area contributed by atoms with E-state index in [0.717, 1.165) is 12.2 Å². The fourth-order valence-corrected chi connectivity index (χ4v) is 1.99. The van der Waals surface area contributed by atoms with Crippen LogP contribution >= 0.6 is 0 Å². The minimum atomic E-state index is 0.358. The van der Waals surface area contributed by atoms with E-state index in [4.69, 9.17) is 10.5 Å². The molecule has 2 aromatic rings. The van der Waals surface area contributed by atoms with Crippen LogP contribution in [0.1, 0.15) is 17.9 Å². The van der Waals surface area contributed by atoms with Gasteiger partial charge in [0.15, 0.2) is 0 Å². The van der Waals surface area contributed by atoms with Gasteiger partial charge >= 0.3 is 0 Å². The van der Waals surface area contributed by atoms with Gasteiger partial charge in [0.1, 0.15) is 5.75 Å². The summed E-state index contributed by atoms with van der Waals surface area (Å²) in [5, 5.41) is 0. The summed E-state index contributed by atoms with van der Waals surface area (Å²) in [6, 6.07) is 20.3. The smallest absolute Gasteiger partial charge is 0.119 e. The summed E-state index contributed by atoms with van der Waals surface area (Å²) in [5.74, 6) is 1.27. The third-order valence-corrected chi connectivity index (χ3v) is 2.98. The summed E-state index contributed by atoms with van der Waals surface area (Å²) in [6.07, 6.45) is 0.941. The quantitative estimate of drug-likeness (QED) is 0.843. The lowest BCUT2D eigenvalue weighted by Crippen LogP contribution is -2.14. The fraction of sp³-hybridized carbons (Fsp3) is 0.250. The van der Waals surface area contributed by atoms with E-state index in [1.807, 2.05) is 36.4 Å². The molecule has 0 radical (unpaired) electrons. The molecular formula is C16H19NO. The van der Waals surface area contributed by atoms with E-state index >= 15 is 0 Å². The fourth-order valence-electron chi connectivity index (χ4n) is 1.99. The van der Waals surface area contributed by atoms with Crippen molar-refractivity contribution >= 4 is 0 Å². The summed E-state index contributed by atoms with van der Waals surface area (Å²) in [6.45, 7) is 1.35. The second-order valence-electron chi connectivity index (χ2n) is 4.31. The molecule has 0 unspecified atom stereocenters. The van der Waals surface area contributed by atoms with Crippen molar-refractivity contribution in [2.45, 2.75) is 12.3 Å². The van der Waals surface area contributed by atoms with E-state index in [0.29, 0.717) is 19.1 Å². The van der Waals surface area contributed by atoms with Gasteiger partial charge in [-0.2, -0.15) is 0 Å². The van der Waals surface area contributed by atoms with E-state index in [2.05, 4.69) is 24.3 Å². The van der Waals surface area contributed by atoms with Crippen LogP contribution in [0.5, 0.6) is 5.75 Å². The van der Waals surface area contributed by atoms with Gasteiger partial charge in [0.2, 0.25) is 0 Å². The Kier molecular flexibility index (Phi) is 4.79. The van der Waals surface area contributed by atoms with Gasteiger partial charge in [0, 0.05) is 5.92 Å². The van der Waals surface area contributed by atoms with Gasteiger partial charge in [0.25, 0.3) is 0 Å². The van der Waals surface area contributed by atoms with Gasteiger partial charge in [-0.25, -0.2) is 0 Å². The third kappa shape index (κ3) is 3.60. The molecular weight excluding hydrogens is 222 g/mol. The number of hydrogen-bond acceptors (Lipinski definition) is 2. The van der Waals surface area contributed by atoms with Crippen LogP contribution < -0.4 is 10.5 Å². The Morgan fingerprint density at radius 3 is 2.11 bits per heavy atom. The molecule has 2 nitrogen and oxygen atoms in total. The van der Waals surface area contributed by atoms with E-state index in [1.54, 1.807) is 0 Å². The number of ether oxygens (including phenoxy) is 1.